The van der Waals surface area contributed by atoms with Crippen LogP contribution < -0.4 is 15.4 Å². The number of aromatic amines is 1. The maximum absolute atomic E-state index is 13.9. The Morgan fingerprint density at radius 3 is 2.63 bits per heavy atom. The molecule has 4 N–H and O–H groups in total. The standard InChI is InChI=1S/C22H19F3N6O4/c1-9-6-28-14(10(2)16(9)35-3)8-31-18-15(17(22(23,24)25)29-21(26)30-18)13(19(31)32)5-12-4-11(7-27-12)20(33)34/h4-7,27H,8H2,1-3H3,(H,33,34)(H2,26,29,30). The molecule has 0 radical (unpaired) electrons. The number of nitrogens with one attached hydrogen (secondary N) is 1. The number of nitrogen functional groups attached to an aromatic ring is 1. The summed E-state index contributed by atoms with van der Waals surface area (Å²) in [6.45, 7) is 3.28. The van der Waals surface area contributed by atoms with Gasteiger partial charge in [-0.25, -0.2) is 9.78 Å². The van der Waals surface area contributed by atoms with Gasteiger partial charge in [-0.05, 0) is 26.0 Å². The molecule has 3 aromatic rings. The van der Waals surface area contributed by atoms with Gasteiger partial charge in [0.05, 0.1) is 36.0 Å². The predicted octanol–water partition coefficient (Wildman–Crippen LogP) is 3.21. The van der Waals surface area contributed by atoms with E-state index in [9.17, 15) is 22.8 Å². The third-order valence-electron chi connectivity index (χ3n) is 5.49. The van der Waals surface area contributed by atoms with E-state index in [1.165, 1.54) is 19.4 Å². The van der Waals surface area contributed by atoms with Gasteiger partial charge in [-0.15, -0.1) is 0 Å². The van der Waals surface area contributed by atoms with Crippen LogP contribution in [0.1, 0.15) is 44.1 Å². The van der Waals surface area contributed by atoms with Gasteiger partial charge in [-0.3, -0.25) is 14.7 Å². The van der Waals surface area contributed by atoms with Crippen molar-refractivity contribution in [3.63, 3.8) is 0 Å². The quantitative estimate of drug-likeness (QED) is 0.464. The minimum atomic E-state index is -4.94. The minimum absolute atomic E-state index is 0.106. The van der Waals surface area contributed by atoms with Gasteiger partial charge in [0.25, 0.3) is 5.91 Å². The van der Waals surface area contributed by atoms with E-state index in [1.54, 1.807) is 13.8 Å². The SMILES string of the molecule is COc1c(C)cnc(CN2C(=O)C(=Cc3cc(C(=O)O)c[nH]3)c3c2nc(N)nc3C(F)(F)F)c1C. The van der Waals surface area contributed by atoms with Crippen LogP contribution in [0.2, 0.25) is 0 Å². The number of hydrogen-bond acceptors (Lipinski definition) is 7. The lowest BCUT2D eigenvalue weighted by Crippen LogP contribution is -2.27. The Morgan fingerprint density at radius 1 is 1.31 bits per heavy atom. The van der Waals surface area contributed by atoms with Crippen LogP contribution >= 0.6 is 0 Å². The predicted molar refractivity (Wildman–Crippen MR) is 119 cm³/mol. The highest BCUT2D eigenvalue weighted by atomic mass is 19.4. The summed E-state index contributed by atoms with van der Waals surface area (Å²) in [4.78, 5) is 39.9. The Hall–Kier alpha value is -4.42. The van der Waals surface area contributed by atoms with Gasteiger partial charge in [0.15, 0.2) is 5.69 Å². The fourth-order valence-corrected chi connectivity index (χ4v) is 3.90. The van der Waals surface area contributed by atoms with Crippen LogP contribution in [0.25, 0.3) is 11.6 Å². The normalized spacial score (nSPS) is 14.5. The van der Waals surface area contributed by atoms with Crippen molar-refractivity contribution in [2.75, 3.05) is 17.7 Å². The highest BCUT2D eigenvalue weighted by Gasteiger charge is 2.45. The number of aryl methyl sites for hydroxylation is 1. The van der Waals surface area contributed by atoms with Crippen LogP contribution in [-0.4, -0.2) is 44.0 Å². The second-order valence-electron chi connectivity index (χ2n) is 7.77. The number of aromatic nitrogens is 4. The molecule has 182 valence electrons. The Balaban J connectivity index is 1.90. The van der Waals surface area contributed by atoms with Crippen LogP contribution in [0.5, 0.6) is 5.75 Å². The number of carboxylic acids is 1. The topological polar surface area (TPSA) is 147 Å². The lowest BCUT2D eigenvalue weighted by Gasteiger charge is -2.19. The number of nitrogens with two attached hydrogens (primary N) is 1. The van der Waals surface area contributed by atoms with Crippen molar-refractivity contribution in [2.24, 2.45) is 0 Å². The number of carbonyl (C=O) groups is 2. The molecular weight excluding hydrogens is 469 g/mol. The summed E-state index contributed by atoms with van der Waals surface area (Å²) >= 11 is 0. The number of aromatic carboxylic acids is 1. The number of halogens is 3. The number of ether oxygens (including phenoxy) is 1. The summed E-state index contributed by atoms with van der Waals surface area (Å²) in [6, 6.07) is 1.19. The highest BCUT2D eigenvalue weighted by Crippen LogP contribution is 2.44. The van der Waals surface area contributed by atoms with Crippen molar-refractivity contribution in [1.82, 2.24) is 19.9 Å². The van der Waals surface area contributed by atoms with Crippen LogP contribution in [0.15, 0.2) is 18.5 Å². The molecule has 35 heavy (non-hydrogen) atoms. The van der Waals surface area contributed by atoms with Crippen molar-refractivity contribution in [3.05, 3.63) is 57.8 Å². The Labute approximate surface area is 196 Å². The minimum Gasteiger partial charge on any atom is -0.496 e. The number of rotatable bonds is 5. The number of nitrogens with zero attached hydrogens (tertiary/aromatic N) is 4. The molecule has 0 aliphatic carbocycles. The zero-order valence-corrected chi connectivity index (χ0v) is 18.7. The van der Waals surface area contributed by atoms with Crippen LogP contribution in [0.4, 0.5) is 24.9 Å². The molecule has 0 bridgehead atoms. The molecule has 1 aliphatic heterocycles. The van der Waals surface area contributed by atoms with E-state index in [4.69, 9.17) is 15.6 Å². The lowest BCUT2D eigenvalue weighted by atomic mass is 10.1. The molecule has 3 aromatic heterocycles. The summed E-state index contributed by atoms with van der Waals surface area (Å²) in [5.74, 6) is -2.50. The second kappa shape index (κ2) is 8.42. The van der Waals surface area contributed by atoms with Gasteiger partial charge in [0.2, 0.25) is 5.95 Å². The number of carboxylic acid groups (broad SMARTS) is 1. The fraction of sp³-hybridized carbons (Fsp3) is 0.227. The van der Waals surface area contributed by atoms with Crippen molar-refractivity contribution >= 4 is 35.3 Å². The first-order valence-corrected chi connectivity index (χ1v) is 10.1. The first kappa shape index (κ1) is 23.7. The molecule has 0 fully saturated rings. The molecule has 0 spiro atoms. The largest absolute Gasteiger partial charge is 0.496 e. The summed E-state index contributed by atoms with van der Waals surface area (Å²) in [5.41, 5.74) is 4.98. The summed E-state index contributed by atoms with van der Waals surface area (Å²) < 4.78 is 47.1. The number of alkyl halides is 3. The molecule has 4 heterocycles. The van der Waals surface area contributed by atoms with Gasteiger partial charge in [0.1, 0.15) is 11.6 Å². The lowest BCUT2D eigenvalue weighted by molar-refractivity contribution is -0.141. The number of anilines is 2. The number of carbonyl (C=O) groups excluding carboxylic acids is 1. The molecule has 0 aromatic carbocycles. The molecule has 0 saturated heterocycles. The van der Waals surface area contributed by atoms with E-state index in [1.807, 2.05) is 0 Å². The first-order chi connectivity index (χ1) is 16.4. The first-order valence-electron chi connectivity index (χ1n) is 10.1. The second-order valence-corrected chi connectivity index (χ2v) is 7.77. The molecule has 0 atom stereocenters. The molecule has 10 nitrogen and oxygen atoms in total. The van der Waals surface area contributed by atoms with E-state index in [2.05, 4.69) is 19.9 Å². The van der Waals surface area contributed by atoms with Crippen molar-refractivity contribution < 1.29 is 32.6 Å². The number of amides is 1. The van der Waals surface area contributed by atoms with Crippen LogP contribution in [0, 0.1) is 13.8 Å². The van der Waals surface area contributed by atoms with Crippen molar-refractivity contribution in [3.8, 4) is 5.75 Å². The van der Waals surface area contributed by atoms with Crippen molar-refractivity contribution in [1.29, 1.82) is 0 Å². The molecule has 0 saturated carbocycles. The number of H-pyrrole nitrogens is 1. The average Bonchev–Trinajstić information content (AvgIpc) is 3.34. The summed E-state index contributed by atoms with van der Waals surface area (Å²) in [5, 5.41) is 9.13. The number of pyridine rings is 1. The maximum Gasteiger partial charge on any atom is 0.434 e. The van der Waals surface area contributed by atoms with E-state index in [0.29, 0.717) is 17.0 Å². The number of fused-ring (bicyclic) bond motifs is 1. The monoisotopic (exact) mass is 488 g/mol. The van der Waals surface area contributed by atoms with Gasteiger partial charge in [-0.2, -0.15) is 18.2 Å². The van der Waals surface area contributed by atoms with Gasteiger partial charge < -0.3 is 20.6 Å². The summed E-state index contributed by atoms with van der Waals surface area (Å²) in [7, 11) is 1.47. The third-order valence-corrected chi connectivity index (χ3v) is 5.49. The number of methoxy groups -OCH3 is 1. The molecule has 4 rings (SSSR count). The van der Waals surface area contributed by atoms with E-state index >= 15 is 0 Å². The Morgan fingerprint density at radius 2 is 2.03 bits per heavy atom. The zero-order valence-electron chi connectivity index (χ0n) is 18.7. The fourth-order valence-electron chi connectivity index (χ4n) is 3.90. The third kappa shape index (κ3) is 4.16. The molecule has 1 aliphatic rings. The Bertz CT molecular complexity index is 1400. The van der Waals surface area contributed by atoms with Crippen LogP contribution in [-0.2, 0) is 17.5 Å². The summed E-state index contributed by atoms with van der Waals surface area (Å²) in [6.07, 6.45) is -1.14. The molecule has 13 heteroatoms. The Kier molecular flexibility index (Phi) is 5.71. The number of hydrogen-bond donors (Lipinski definition) is 3. The molecule has 0 unspecified atom stereocenters. The maximum atomic E-state index is 13.9. The molecule has 1 amide bonds. The molecular formula is C22H19F3N6O4. The van der Waals surface area contributed by atoms with Gasteiger partial charge in [0, 0.05) is 29.2 Å². The van der Waals surface area contributed by atoms with Gasteiger partial charge >= 0.3 is 12.1 Å². The van der Waals surface area contributed by atoms with Crippen molar-refractivity contribution in [2.45, 2.75) is 26.6 Å². The highest BCUT2D eigenvalue weighted by molar-refractivity contribution is 6.35. The van der Waals surface area contributed by atoms with E-state index in [-0.39, 0.29) is 29.2 Å². The average molecular weight is 488 g/mol. The van der Waals surface area contributed by atoms with Gasteiger partial charge in [-0.1, -0.05) is 0 Å². The van der Waals surface area contributed by atoms with E-state index < -0.39 is 35.3 Å². The zero-order chi connectivity index (χ0) is 25.7. The smallest absolute Gasteiger partial charge is 0.434 e. The van der Waals surface area contributed by atoms with Crippen LogP contribution in [0.3, 0.4) is 0 Å². The van der Waals surface area contributed by atoms with E-state index in [0.717, 1.165) is 22.7 Å².